The molecule has 128 valence electrons. The van der Waals surface area contributed by atoms with Gasteiger partial charge in [-0.05, 0) is 30.2 Å². The molecule has 0 aliphatic heterocycles. The molecule has 25 heavy (non-hydrogen) atoms. The number of nitrogens with one attached hydrogen (secondary N) is 1. The zero-order chi connectivity index (χ0) is 17.6. The molecule has 1 heterocycles. The highest BCUT2D eigenvalue weighted by molar-refractivity contribution is 5.74. The molecule has 0 fully saturated rings. The number of urea groups is 1. The van der Waals surface area contributed by atoms with E-state index in [4.69, 9.17) is 0 Å². The summed E-state index contributed by atoms with van der Waals surface area (Å²) >= 11 is 0. The number of hydrogen-bond donors (Lipinski definition) is 1. The minimum Gasteiger partial charge on any atom is -0.331 e. The number of hydrogen-bond acceptors (Lipinski definition) is 2. The number of amides is 2. The molecule has 1 atom stereocenters. The summed E-state index contributed by atoms with van der Waals surface area (Å²) < 4.78 is 1.95. The summed E-state index contributed by atoms with van der Waals surface area (Å²) in [5.41, 5.74) is 3.21. The Labute approximate surface area is 147 Å². The molecule has 5 nitrogen and oxygen atoms in total. The Morgan fingerprint density at radius 2 is 1.88 bits per heavy atom. The smallest absolute Gasteiger partial charge is 0.317 e. The van der Waals surface area contributed by atoms with E-state index in [1.54, 1.807) is 24.5 Å². The number of aromatic nitrogens is 2. The second-order valence-corrected chi connectivity index (χ2v) is 6.07. The maximum absolute atomic E-state index is 12.4. The van der Waals surface area contributed by atoms with E-state index in [2.05, 4.69) is 10.3 Å². The second-order valence-electron chi connectivity index (χ2n) is 6.07. The van der Waals surface area contributed by atoms with Crippen molar-refractivity contribution in [3.63, 3.8) is 0 Å². The van der Waals surface area contributed by atoms with Gasteiger partial charge in [0, 0.05) is 31.7 Å². The predicted molar refractivity (Wildman–Crippen MR) is 98.4 cm³/mol. The van der Waals surface area contributed by atoms with Crippen LogP contribution in [0.15, 0.2) is 73.3 Å². The summed E-state index contributed by atoms with van der Waals surface area (Å²) in [5.74, 6) is 0. The van der Waals surface area contributed by atoms with Gasteiger partial charge in [0.25, 0.3) is 0 Å². The van der Waals surface area contributed by atoms with Crippen LogP contribution in [0.4, 0.5) is 4.79 Å². The standard InChI is InChI=1S/C20H22N4O/c1-16(18-8-10-19(11-9-18)24-13-12-21-15-24)22-20(25)23(2)14-17-6-4-3-5-7-17/h3-13,15-16H,14H2,1-2H3,(H,22,25)/t16-/m1/s1. The lowest BCUT2D eigenvalue weighted by Gasteiger charge is -2.22. The third-order valence-corrected chi connectivity index (χ3v) is 4.14. The number of carbonyl (C=O) groups excluding carboxylic acids is 1. The molecule has 2 aromatic carbocycles. The monoisotopic (exact) mass is 334 g/mol. The molecule has 2 amide bonds. The average molecular weight is 334 g/mol. The van der Waals surface area contributed by atoms with E-state index < -0.39 is 0 Å². The van der Waals surface area contributed by atoms with Crippen LogP contribution in [0, 0.1) is 0 Å². The Bertz CT molecular complexity index is 797. The van der Waals surface area contributed by atoms with Gasteiger partial charge < -0.3 is 14.8 Å². The van der Waals surface area contributed by atoms with Crippen LogP contribution in [-0.2, 0) is 6.54 Å². The number of nitrogens with zero attached hydrogens (tertiary/aromatic N) is 3. The van der Waals surface area contributed by atoms with Gasteiger partial charge in [-0.1, -0.05) is 42.5 Å². The van der Waals surface area contributed by atoms with Gasteiger partial charge in [0.05, 0.1) is 12.4 Å². The fourth-order valence-electron chi connectivity index (χ4n) is 2.65. The van der Waals surface area contributed by atoms with Crippen molar-refractivity contribution in [2.75, 3.05) is 7.05 Å². The first kappa shape index (κ1) is 16.8. The van der Waals surface area contributed by atoms with Gasteiger partial charge in [0.15, 0.2) is 0 Å². The van der Waals surface area contributed by atoms with Gasteiger partial charge in [-0.15, -0.1) is 0 Å². The van der Waals surface area contributed by atoms with Gasteiger partial charge in [-0.25, -0.2) is 9.78 Å². The Morgan fingerprint density at radius 3 is 2.52 bits per heavy atom. The number of imidazole rings is 1. The first-order chi connectivity index (χ1) is 12.1. The summed E-state index contributed by atoms with van der Waals surface area (Å²) in [5, 5.41) is 3.04. The summed E-state index contributed by atoms with van der Waals surface area (Å²) in [6.07, 6.45) is 5.41. The van der Waals surface area contributed by atoms with Gasteiger partial charge in [0.2, 0.25) is 0 Å². The molecule has 3 rings (SSSR count). The Kier molecular flexibility index (Phi) is 5.14. The van der Waals surface area contributed by atoms with Crippen LogP contribution in [0.3, 0.4) is 0 Å². The van der Waals surface area contributed by atoms with Crippen molar-refractivity contribution < 1.29 is 4.79 Å². The third kappa shape index (κ3) is 4.26. The molecular weight excluding hydrogens is 312 g/mol. The Balaban J connectivity index is 1.59. The molecule has 0 aliphatic rings. The van der Waals surface area contributed by atoms with Crippen LogP contribution in [0.5, 0.6) is 0 Å². The highest BCUT2D eigenvalue weighted by atomic mass is 16.2. The largest absolute Gasteiger partial charge is 0.331 e. The van der Waals surface area contributed by atoms with Gasteiger partial charge in [-0.2, -0.15) is 0 Å². The van der Waals surface area contributed by atoms with Crippen LogP contribution >= 0.6 is 0 Å². The molecule has 0 saturated heterocycles. The average Bonchev–Trinajstić information content (AvgIpc) is 3.17. The van der Waals surface area contributed by atoms with E-state index in [0.29, 0.717) is 6.54 Å². The van der Waals surface area contributed by atoms with Crippen molar-refractivity contribution in [3.05, 3.63) is 84.4 Å². The van der Waals surface area contributed by atoms with Crippen molar-refractivity contribution in [2.45, 2.75) is 19.5 Å². The van der Waals surface area contributed by atoms with Crippen molar-refractivity contribution in [2.24, 2.45) is 0 Å². The van der Waals surface area contributed by atoms with Crippen LogP contribution in [0.25, 0.3) is 5.69 Å². The molecule has 1 aromatic heterocycles. The molecule has 0 saturated carbocycles. The fraction of sp³-hybridized carbons (Fsp3) is 0.200. The molecule has 0 unspecified atom stereocenters. The van der Waals surface area contributed by atoms with Crippen molar-refractivity contribution in [1.29, 1.82) is 0 Å². The van der Waals surface area contributed by atoms with Gasteiger partial charge >= 0.3 is 6.03 Å². The van der Waals surface area contributed by atoms with Crippen LogP contribution < -0.4 is 5.32 Å². The second kappa shape index (κ2) is 7.66. The molecule has 5 heteroatoms. The first-order valence-electron chi connectivity index (χ1n) is 8.27. The van der Waals surface area contributed by atoms with E-state index in [1.807, 2.05) is 72.3 Å². The van der Waals surface area contributed by atoms with E-state index in [9.17, 15) is 4.79 Å². The maximum atomic E-state index is 12.4. The molecule has 0 radical (unpaired) electrons. The number of benzene rings is 2. The van der Waals surface area contributed by atoms with Gasteiger partial charge in [0.1, 0.15) is 0 Å². The zero-order valence-electron chi connectivity index (χ0n) is 14.5. The molecule has 0 spiro atoms. The summed E-state index contributed by atoms with van der Waals surface area (Å²) in [6.45, 7) is 2.57. The van der Waals surface area contributed by atoms with E-state index in [0.717, 1.165) is 16.8 Å². The summed E-state index contributed by atoms with van der Waals surface area (Å²) in [7, 11) is 1.80. The minimum absolute atomic E-state index is 0.0671. The summed E-state index contributed by atoms with van der Waals surface area (Å²) in [6, 6.07) is 17.9. The topological polar surface area (TPSA) is 50.2 Å². The molecule has 1 N–H and O–H groups in total. The van der Waals surface area contributed by atoms with Crippen molar-refractivity contribution >= 4 is 6.03 Å². The lowest BCUT2D eigenvalue weighted by atomic mass is 10.1. The molecule has 0 aliphatic carbocycles. The number of carbonyl (C=O) groups is 1. The molecular formula is C20H22N4O. The third-order valence-electron chi connectivity index (χ3n) is 4.14. The zero-order valence-corrected chi connectivity index (χ0v) is 14.5. The quantitative estimate of drug-likeness (QED) is 0.772. The van der Waals surface area contributed by atoms with Crippen molar-refractivity contribution in [3.8, 4) is 5.69 Å². The summed E-state index contributed by atoms with van der Waals surface area (Å²) in [4.78, 5) is 18.1. The minimum atomic E-state index is -0.0879. The lowest BCUT2D eigenvalue weighted by molar-refractivity contribution is 0.203. The number of rotatable bonds is 5. The fourth-order valence-corrected chi connectivity index (χ4v) is 2.65. The molecule has 0 bridgehead atoms. The Morgan fingerprint density at radius 1 is 1.16 bits per heavy atom. The van der Waals surface area contributed by atoms with Crippen LogP contribution in [-0.4, -0.2) is 27.5 Å². The van der Waals surface area contributed by atoms with Crippen LogP contribution in [0.1, 0.15) is 24.1 Å². The van der Waals surface area contributed by atoms with E-state index in [1.165, 1.54) is 0 Å². The highest BCUT2D eigenvalue weighted by Gasteiger charge is 2.13. The first-order valence-corrected chi connectivity index (χ1v) is 8.27. The normalized spacial score (nSPS) is 11.8. The van der Waals surface area contributed by atoms with Crippen LogP contribution in [0.2, 0.25) is 0 Å². The van der Waals surface area contributed by atoms with E-state index >= 15 is 0 Å². The predicted octanol–water partition coefficient (Wildman–Crippen LogP) is 3.77. The molecule has 3 aromatic rings. The highest BCUT2D eigenvalue weighted by Crippen LogP contribution is 2.16. The maximum Gasteiger partial charge on any atom is 0.317 e. The SMILES string of the molecule is C[C@@H](NC(=O)N(C)Cc1ccccc1)c1ccc(-n2ccnc2)cc1. The van der Waals surface area contributed by atoms with E-state index in [-0.39, 0.29) is 12.1 Å². The van der Waals surface area contributed by atoms with Crippen molar-refractivity contribution in [1.82, 2.24) is 19.8 Å². The van der Waals surface area contributed by atoms with Gasteiger partial charge in [-0.3, -0.25) is 0 Å². The lowest BCUT2D eigenvalue weighted by Crippen LogP contribution is -2.38. The Hall–Kier alpha value is -3.08.